The normalized spacial score (nSPS) is 10.7. The first-order valence-corrected chi connectivity index (χ1v) is 9.80. The van der Waals surface area contributed by atoms with Gasteiger partial charge in [0, 0.05) is 12.6 Å². The molecule has 2 aromatic carbocycles. The number of halogens is 1. The van der Waals surface area contributed by atoms with Crippen LogP contribution < -0.4 is 4.74 Å². The Morgan fingerprint density at radius 2 is 2.07 bits per heavy atom. The molecule has 0 N–H and O–H groups in total. The molecule has 6 nitrogen and oxygen atoms in total. The first-order chi connectivity index (χ1) is 13.5. The predicted octanol–water partition coefficient (Wildman–Crippen LogP) is 4.41. The Hall–Kier alpha value is -2.67. The summed E-state index contributed by atoms with van der Waals surface area (Å²) in [5, 5.41) is 4.00. The highest BCUT2D eigenvalue weighted by Crippen LogP contribution is 2.26. The zero-order chi connectivity index (χ0) is 20.1. The second-order valence-electron chi connectivity index (χ2n) is 6.54. The number of carbonyl (C=O) groups is 1. The van der Waals surface area contributed by atoms with E-state index >= 15 is 0 Å². The van der Waals surface area contributed by atoms with Crippen molar-refractivity contribution in [2.24, 2.45) is 0 Å². The Morgan fingerprint density at radius 1 is 1.25 bits per heavy atom. The summed E-state index contributed by atoms with van der Waals surface area (Å²) < 4.78 is 11.8. The van der Waals surface area contributed by atoms with Gasteiger partial charge in [0.2, 0.25) is 11.7 Å². The van der Waals surface area contributed by atoms with Gasteiger partial charge in [0.05, 0.1) is 11.0 Å². The SMILES string of the molecule is CCc1ccc(OCC(=O)N(C)Cc2nc(-c3cccc(C)c3)no2)c(Br)c1. The summed E-state index contributed by atoms with van der Waals surface area (Å²) in [6.07, 6.45) is 0.940. The van der Waals surface area contributed by atoms with Crippen molar-refractivity contribution in [1.29, 1.82) is 0 Å². The molecule has 0 aliphatic rings. The van der Waals surface area contributed by atoms with E-state index in [-0.39, 0.29) is 19.1 Å². The quantitative estimate of drug-likeness (QED) is 0.540. The Morgan fingerprint density at radius 3 is 2.79 bits per heavy atom. The molecule has 0 aliphatic carbocycles. The predicted molar refractivity (Wildman–Crippen MR) is 110 cm³/mol. The number of hydrogen-bond acceptors (Lipinski definition) is 5. The van der Waals surface area contributed by atoms with E-state index in [0.29, 0.717) is 17.5 Å². The summed E-state index contributed by atoms with van der Waals surface area (Å²) in [6.45, 7) is 4.24. The highest BCUT2D eigenvalue weighted by atomic mass is 79.9. The van der Waals surface area contributed by atoms with Gasteiger partial charge in [-0.05, 0) is 53.0 Å². The maximum atomic E-state index is 12.4. The molecule has 0 atom stereocenters. The van der Waals surface area contributed by atoms with Crippen molar-refractivity contribution in [3.63, 3.8) is 0 Å². The van der Waals surface area contributed by atoms with E-state index in [0.717, 1.165) is 22.0 Å². The molecule has 0 bridgehead atoms. The number of carbonyl (C=O) groups excluding carboxylic acids is 1. The summed E-state index contributed by atoms with van der Waals surface area (Å²) >= 11 is 3.48. The topological polar surface area (TPSA) is 68.5 Å². The zero-order valence-electron chi connectivity index (χ0n) is 16.1. The third-order valence-corrected chi connectivity index (χ3v) is 4.92. The van der Waals surface area contributed by atoms with Gasteiger partial charge in [-0.25, -0.2) is 0 Å². The van der Waals surface area contributed by atoms with Crippen LogP contribution in [0.15, 0.2) is 51.5 Å². The first kappa shape index (κ1) is 20.1. The second-order valence-corrected chi connectivity index (χ2v) is 7.39. The number of ether oxygens (including phenoxy) is 1. The van der Waals surface area contributed by atoms with Crippen LogP contribution in [-0.2, 0) is 17.8 Å². The number of rotatable bonds is 7. The van der Waals surface area contributed by atoms with Gasteiger partial charge < -0.3 is 14.2 Å². The van der Waals surface area contributed by atoms with Gasteiger partial charge in [0.15, 0.2) is 6.61 Å². The zero-order valence-corrected chi connectivity index (χ0v) is 17.7. The molecule has 1 heterocycles. The molecule has 0 saturated heterocycles. The summed E-state index contributed by atoms with van der Waals surface area (Å²) in [5.74, 6) is 1.34. The lowest BCUT2D eigenvalue weighted by Crippen LogP contribution is -2.31. The summed E-state index contributed by atoms with van der Waals surface area (Å²) in [5.41, 5.74) is 3.20. The molecule has 0 aliphatic heterocycles. The molecule has 7 heteroatoms. The monoisotopic (exact) mass is 443 g/mol. The van der Waals surface area contributed by atoms with Crippen LogP contribution in [0.2, 0.25) is 0 Å². The minimum atomic E-state index is -0.179. The molecule has 1 aromatic heterocycles. The largest absolute Gasteiger partial charge is 0.483 e. The molecule has 0 spiro atoms. The lowest BCUT2D eigenvalue weighted by molar-refractivity contribution is -0.132. The number of amides is 1. The maximum Gasteiger partial charge on any atom is 0.260 e. The third-order valence-electron chi connectivity index (χ3n) is 4.30. The van der Waals surface area contributed by atoms with Crippen molar-refractivity contribution in [2.45, 2.75) is 26.8 Å². The van der Waals surface area contributed by atoms with Gasteiger partial charge in [-0.2, -0.15) is 4.98 Å². The highest BCUT2D eigenvalue weighted by molar-refractivity contribution is 9.10. The van der Waals surface area contributed by atoms with Crippen LogP contribution in [0.4, 0.5) is 0 Å². The molecule has 0 unspecified atom stereocenters. The number of hydrogen-bond donors (Lipinski definition) is 0. The number of aryl methyl sites for hydroxylation is 2. The van der Waals surface area contributed by atoms with Crippen molar-refractivity contribution >= 4 is 21.8 Å². The highest BCUT2D eigenvalue weighted by Gasteiger charge is 2.16. The lowest BCUT2D eigenvalue weighted by atomic mass is 10.1. The van der Waals surface area contributed by atoms with Crippen LogP contribution in [-0.4, -0.2) is 34.6 Å². The van der Waals surface area contributed by atoms with Gasteiger partial charge in [0.1, 0.15) is 5.75 Å². The molecule has 28 heavy (non-hydrogen) atoms. The molecule has 3 rings (SSSR count). The smallest absolute Gasteiger partial charge is 0.260 e. The lowest BCUT2D eigenvalue weighted by Gasteiger charge is -2.16. The van der Waals surface area contributed by atoms with E-state index in [1.807, 2.05) is 49.4 Å². The van der Waals surface area contributed by atoms with E-state index < -0.39 is 0 Å². The number of nitrogens with zero attached hydrogens (tertiary/aromatic N) is 3. The van der Waals surface area contributed by atoms with Crippen LogP contribution in [0.3, 0.4) is 0 Å². The Bertz CT molecular complexity index is 971. The Balaban J connectivity index is 1.57. The minimum absolute atomic E-state index is 0.0700. The van der Waals surface area contributed by atoms with Crippen molar-refractivity contribution in [3.8, 4) is 17.1 Å². The summed E-state index contributed by atoms with van der Waals surface area (Å²) in [4.78, 5) is 18.2. The van der Waals surface area contributed by atoms with Gasteiger partial charge in [0.25, 0.3) is 5.91 Å². The molecule has 3 aromatic rings. The second kappa shape index (κ2) is 9.01. The molecule has 0 fully saturated rings. The minimum Gasteiger partial charge on any atom is -0.483 e. The third kappa shape index (κ3) is 4.98. The molecule has 146 valence electrons. The first-order valence-electron chi connectivity index (χ1n) is 9.01. The number of aromatic nitrogens is 2. The van der Waals surface area contributed by atoms with Crippen molar-refractivity contribution in [1.82, 2.24) is 15.0 Å². The standard InChI is InChI=1S/C21H22BrN3O3/c1-4-15-8-9-18(17(22)11-15)27-13-20(26)25(3)12-19-23-21(24-28-19)16-7-5-6-14(2)10-16/h5-11H,4,12-13H2,1-3H3. The maximum absolute atomic E-state index is 12.4. The van der Waals surface area contributed by atoms with E-state index in [1.165, 1.54) is 10.5 Å². The molecule has 0 radical (unpaired) electrons. The van der Waals surface area contributed by atoms with Gasteiger partial charge in [-0.3, -0.25) is 4.79 Å². The van der Waals surface area contributed by atoms with Crippen molar-refractivity contribution in [3.05, 3.63) is 64.0 Å². The van der Waals surface area contributed by atoms with Crippen LogP contribution in [0.1, 0.15) is 23.9 Å². The fourth-order valence-electron chi connectivity index (χ4n) is 2.64. The van der Waals surface area contributed by atoms with E-state index in [2.05, 4.69) is 33.0 Å². The van der Waals surface area contributed by atoms with Crippen LogP contribution >= 0.6 is 15.9 Å². The van der Waals surface area contributed by atoms with E-state index in [9.17, 15) is 4.79 Å². The van der Waals surface area contributed by atoms with E-state index in [1.54, 1.807) is 7.05 Å². The van der Waals surface area contributed by atoms with Crippen molar-refractivity contribution < 1.29 is 14.1 Å². The van der Waals surface area contributed by atoms with E-state index in [4.69, 9.17) is 9.26 Å². The molecular formula is C21H22BrN3O3. The molecule has 1 amide bonds. The van der Waals surface area contributed by atoms with Crippen molar-refractivity contribution in [2.75, 3.05) is 13.7 Å². The summed E-state index contributed by atoms with van der Waals surface area (Å²) in [7, 11) is 1.68. The fraction of sp³-hybridized carbons (Fsp3) is 0.286. The van der Waals surface area contributed by atoms with Crippen LogP contribution in [0.5, 0.6) is 5.75 Å². The molecule has 0 saturated carbocycles. The number of likely N-dealkylation sites (N-methyl/N-ethyl adjacent to an activating group) is 1. The number of benzene rings is 2. The summed E-state index contributed by atoms with van der Waals surface area (Å²) in [6, 6.07) is 13.7. The van der Waals surface area contributed by atoms with Crippen LogP contribution in [0, 0.1) is 6.92 Å². The fourth-order valence-corrected chi connectivity index (χ4v) is 3.18. The molecular weight excluding hydrogens is 422 g/mol. The Labute approximate surface area is 172 Å². The van der Waals surface area contributed by atoms with Gasteiger partial charge in [-0.15, -0.1) is 0 Å². The van der Waals surface area contributed by atoms with Gasteiger partial charge in [-0.1, -0.05) is 41.9 Å². The Kier molecular flexibility index (Phi) is 6.46. The average Bonchev–Trinajstić information content (AvgIpc) is 3.15. The van der Waals surface area contributed by atoms with Crippen LogP contribution in [0.25, 0.3) is 11.4 Å². The average molecular weight is 444 g/mol. The van der Waals surface area contributed by atoms with Gasteiger partial charge >= 0.3 is 0 Å².